The first-order chi connectivity index (χ1) is 12.4. The van der Waals surface area contributed by atoms with Gasteiger partial charge in [-0.25, -0.2) is 0 Å². The maximum absolute atomic E-state index is 12.6. The summed E-state index contributed by atoms with van der Waals surface area (Å²) in [6.07, 6.45) is 0.216. The maximum Gasteiger partial charge on any atom is 0.227 e. The first kappa shape index (κ1) is 18.0. The smallest absolute Gasteiger partial charge is 0.227 e. The molecule has 0 aliphatic carbocycles. The van der Waals surface area contributed by atoms with E-state index >= 15 is 0 Å². The summed E-state index contributed by atoms with van der Waals surface area (Å²) in [5.41, 5.74) is 1.74. The van der Waals surface area contributed by atoms with Crippen molar-refractivity contribution in [2.75, 3.05) is 18.6 Å². The first-order valence-electron chi connectivity index (χ1n) is 8.70. The molecule has 6 heteroatoms. The summed E-state index contributed by atoms with van der Waals surface area (Å²) < 4.78 is 10.7. The lowest BCUT2D eigenvalue weighted by atomic mass is 10.1. The number of nitrogens with zero attached hydrogens (tertiary/aromatic N) is 1. The fourth-order valence-corrected chi connectivity index (χ4v) is 3.38. The van der Waals surface area contributed by atoms with Gasteiger partial charge in [0.25, 0.3) is 0 Å². The van der Waals surface area contributed by atoms with Crippen molar-refractivity contribution in [2.24, 2.45) is 5.92 Å². The van der Waals surface area contributed by atoms with Gasteiger partial charge in [0.2, 0.25) is 11.8 Å². The van der Waals surface area contributed by atoms with Crippen molar-refractivity contribution in [1.82, 2.24) is 5.32 Å². The van der Waals surface area contributed by atoms with Crippen molar-refractivity contribution < 1.29 is 18.7 Å². The summed E-state index contributed by atoms with van der Waals surface area (Å²) in [5.74, 6) is 1.84. The Balaban J connectivity index is 1.65. The van der Waals surface area contributed by atoms with E-state index in [0.717, 1.165) is 28.5 Å². The number of furan rings is 1. The summed E-state index contributed by atoms with van der Waals surface area (Å²) in [6, 6.07) is 9.05. The topological polar surface area (TPSA) is 71.8 Å². The van der Waals surface area contributed by atoms with Crippen LogP contribution in [0.1, 0.15) is 36.5 Å². The summed E-state index contributed by atoms with van der Waals surface area (Å²) in [4.78, 5) is 26.6. The molecule has 1 N–H and O–H groups in total. The predicted octanol–water partition coefficient (Wildman–Crippen LogP) is 3.14. The average molecular weight is 356 g/mol. The zero-order valence-corrected chi connectivity index (χ0v) is 15.5. The fraction of sp³-hybridized carbons (Fsp3) is 0.400. The minimum atomic E-state index is -0.361. The van der Waals surface area contributed by atoms with Gasteiger partial charge in [0.15, 0.2) is 0 Å². The van der Waals surface area contributed by atoms with Crippen molar-refractivity contribution >= 4 is 17.5 Å². The number of anilines is 1. The molecule has 1 aliphatic rings. The molecule has 138 valence electrons. The molecular formula is C20H24N2O4. The van der Waals surface area contributed by atoms with Crippen LogP contribution < -0.4 is 15.0 Å². The number of aryl methyl sites for hydroxylation is 2. The molecule has 3 rings (SSSR count). The largest absolute Gasteiger partial charge is 0.497 e. The van der Waals surface area contributed by atoms with Crippen LogP contribution >= 0.6 is 0 Å². The van der Waals surface area contributed by atoms with E-state index in [0.29, 0.717) is 6.54 Å². The lowest BCUT2D eigenvalue weighted by Gasteiger charge is -2.18. The van der Waals surface area contributed by atoms with Crippen LogP contribution in [0.15, 0.2) is 34.7 Å². The second kappa shape index (κ2) is 7.23. The van der Waals surface area contributed by atoms with Gasteiger partial charge >= 0.3 is 0 Å². The molecule has 6 nitrogen and oxygen atoms in total. The third-order valence-corrected chi connectivity index (χ3v) is 4.78. The number of methoxy groups -OCH3 is 1. The van der Waals surface area contributed by atoms with E-state index in [9.17, 15) is 9.59 Å². The zero-order chi connectivity index (χ0) is 18.8. The summed E-state index contributed by atoms with van der Waals surface area (Å²) in [6.45, 7) is 6.07. The predicted molar refractivity (Wildman–Crippen MR) is 98.2 cm³/mol. The first-order valence-corrected chi connectivity index (χ1v) is 8.70. The molecule has 2 aromatic rings. The van der Waals surface area contributed by atoms with Crippen molar-refractivity contribution in [1.29, 1.82) is 0 Å². The van der Waals surface area contributed by atoms with Gasteiger partial charge in [0.1, 0.15) is 17.3 Å². The lowest BCUT2D eigenvalue weighted by molar-refractivity contribution is -0.126. The van der Waals surface area contributed by atoms with E-state index < -0.39 is 0 Å². The highest BCUT2D eigenvalue weighted by Crippen LogP contribution is 2.28. The van der Waals surface area contributed by atoms with Crippen LogP contribution in [0.2, 0.25) is 0 Å². The van der Waals surface area contributed by atoms with E-state index in [-0.39, 0.29) is 30.2 Å². The van der Waals surface area contributed by atoms with Crippen molar-refractivity contribution in [3.05, 3.63) is 47.4 Å². The van der Waals surface area contributed by atoms with E-state index in [1.165, 1.54) is 0 Å². The fourth-order valence-electron chi connectivity index (χ4n) is 3.38. The molecule has 2 unspecified atom stereocenters. The third kappa shape index (κ3) is 3.59. The summed E-state index contributed by atoms with van der Waals surface area (Å²) in [7, 11) is 1.60. The van der Waals surface area contributed by atoms with E-state index in [1.807, 2.05) is 51.1 Å². The van der Waals surface area contributed by atoms with Crippen LogP contribution in [-0.4, -0.2) is 25.5 Å². The van der Waals surface area contributed by atoms with Crippen molar-refractivity contribution in [3.8, 4) is 5.75 Å². The molecule has 1 aliphatic heterocycles. The van der Waals surface area contributed by atoms with Gasteiger partial charge < -0.3 is 19.4 Å². The highest BCUT2D eigenvalue weighted by atomic mass is 16.5. The van der Waals surface area contributed by atoms with E-state index in [4.69, 9.17) is 9.15 Å². The third-order valence-electron chi connectivity index (χ3n) is 4.78. The Bertz CT molecular complexity index is 810. The molecule has 1 fully saturated rings. The van der Waals surface area contributed by atoms with Crippen LogP contribution in [0.5, 0.6) is 5.75 Å². The highest BCUT2D eigenvalue weighted by molar-refractivity contribution is 6.00. The van der Waals surface area contributed by atoms with Gasteiger partial charge in [0, 0.05) is 24.2 Å². The van der Waals surface area contributed by atoms with Gasteiger partial charge in [0.05, 0.1) is 19.1 Å². The van der Waals surface area contributed by atoms with Crippen LogP contribution in [-0.2, 0) is 9.59 Å². The Labute approximate surface area is 153 Å². The van der Waals surface area contributed by atoms with E-state index in [1.54, 1.807) is 12.0 Å². The molecule has 0 saturated carbocycles. The lowest BCUT2D eigenvalue weighted by Crippen LogP contribution is -2.34. The molecule has 2 amide bonds. The van der Waals surface area contributed by atoms with Gasteiger partial charge in [-0.2, -0.15) is 0 Å². The molecule has 2 atom stereocenters. The number of carbonyl (C=O) groups is 2. The minimum absolute atomic E-state index is 0.0432. The Kier molecular flexibility index (Phi) is 5.02. The van der Waals surface area contributed by atoms with Crippen LogP contribution in [0, 0.1) is 19.8 Å². The van der Waals surface area contributed by atoms with Crippen LogP contribution in [0.4, 0.5) is 5.69 Å². The zero-order valence-electron chi connectivity index (χ0n) is 15.5. The normalized spacial score (nSPS) is 18.1. The number of ether oxygens (including phenoxy) is 1. The number of amides is 2. The number of rotatable bonds is 5. The summed E-state index contributed by atoms with van der Waals surface area (Å²) >= 11 is 0. The number of hydrogen-bond donors (Lipinski definition) is 1. The highest BCUT2D eigenvalue weighted by Gasteiger charge is 2.35. The van der Waals surface area contributed by atoms with Gasteiger partial charge in [-0.1, -0.05) is 0 Å². The SMILES string of the molecule is COc1ccc(N2CC(C(=O)NC(C)c3cc(C)oc3C)CC2=O)cc1. The number of hydrogen-bond acceptors (Lipinski definition) is 4. The van der Waals surface area contributed by atoms with Gasteiger partial charge in [-0.15, -0.1) is 0 Å². The molecule has 0 bridgehead atoms. The molecule has 26 heavy (non-hydrogen) atoms. The molecule has 0 spiro atoms. The van der Waals surface area contributed by atoms with Gasteiger partial charge in [-0.05, 0) is 51.1 Å². The van der Waals surface area contributed by atoms with Crippen LogP contribution in [0.25, 0.3) is 0 Å². The maximum atomic E-state index is 12.6. The number of benzene rings is 1. The van der Waals surface area contributed by atoms with Crippen LogP contribution in [0.3, 0.4) is 0 Å². The molecule has 2 heterocycles. The summed E-state index contributed by atoms with van der Waals surface area (Å²) in [5, 5.41) is 3.01. The van der Waals surface area contributed by atoms with Crippen molar-refractivity contribution in [3.63, 3.8) is 0 Å². The standard InChI is InChI=1S/C20H24N2O4/c1-12-9-18(14(3)26-12)13(2)21-20(24)15-10-19(23)22(11-15)16-5-7-17(25-4)8-6-16/h5-9,13,15H,10-11H2,1-4H3,(H,21,24). The molecule has 1 saturated heterocycles. The Morgan fingerprint density at radius 3 is 2.58 bits per heavy atom. The Hall–Kier alpha value is -2.76. The molecular weight excluding hydrogens is 332 g/mol. The van der Waals surface area contributed by atoms with Crippen molar-refractivity contribution in [2.45, 2.75) is 33.2 Å². The average Bonchev–Trinajstić information content (AvgIpc) is 3.17. The van der Waals surface area contributed by atoms with Gasteiger partial charge in [-0.3, -0.25) is 9.59 Å². The molecule has 0 radical (unpaired) electrons. The van der Waals surface area contributed by atoms with E-state index in [2.05, 4.69) is 5.32 Å². The molecule has 1 aromatic heterocycles. The number of nitrogens with one attached hydrogen (secondary N) is 1. The second-order valence-electron chi connectivity index (χ2n) is 6.70. The quantitative estimate of drug-likeness (QED) is 0.893. The minimum Gasteiger partial charge on any atom is -0.497 e. The Morgan fingerprint density at radius 1 is 1.31 bits per heavy atom. The number of carbonyl (C=O) groups excluding carboxylic acids is 2. The second-order valence-corrected chi connectivity index (χ2v) is 6.70. The molecule has 1 aromatic carbocycles. The Morgan fingerprint density at radius 2 is 2.00 bits per heavy atom. The monoisotopic (exact) mass is 356 g/mol.